The molecule has 0 saturated carbocycles. The molecule has 2 aromatic carbocycles. The summed E-state index contributed by atoms with van der Waals surface area (Å²) in [5.74, 6) is 0. The SMILES string of the molecule is FC(F)(F)c1ccc(Cl)cc1-c1c(Cl)ccc(Cl)c1Cl. The summed E-state index contributed by atoms with van der Waals surface area (Å²) >= 11 is 23.5. The van der Waals surface area contributed by atoms with Crippen molar-refractivity contribution in [2.45, 2.75) is 6.18 Å². The van der Waals surface area contributed by atoms with Gasteiger partial charge in [-0.1, -0.05) is 46.4 Å². The fourth-order valence-electron chi connectivity index (χ4n) is 1.74. The molecule has 0 aliphatic heterocycles. The van der Waals surface area contributed by atoms with E-state index in [1.54, 1.807) is 0 Å². The van der Waals surface area contributed by atoms with Gasteiger partial charge in [0.1, 0.15) is 0 Å². The molecule has 0 aliphatic carbocycles. The molecular formula is C13H5Cl4F3. The van der Waals surface area contributed by atoms with E-state index >= 15 is 0 Å². The molecule has 2 rings (SSSR count). The molecule has 0 nitrogen and oxygen atoms in total. The zero-order valence-electron chi connectivity index (χ0n) is 9.53. The highest BCUT2D eigenvalue weighted by Gasteiger charge is 2.34. The molecule has 0 spiro atoms. The van der Waals surface area contributed by atoms with Gasteiger partial charge < -0.3 is 0 Å². The zero-order chi connectivity index (χ0) is 15.1. The Labute approximate surface area is 133 Å². The average Bonchev–Trinajstić information content (AvgIpc) is 2.33. The van der Waals surface area contributed by atoms with E-state index in [1.807, 2.05) is 0 Å². The molecule has 20 heavy (non-hydrogen) atoms. The summed E-state index contributed by atoms with van der Waals surface area (Å²) in [6, 6.07) is 5.99. The molecule has 0 fully saturated rings. The van der Waals surface area contributed by atoms with Crippen molar-refractivity contribution in [2.24, 2.45) is 0 Å². The summed E-state index contributed by atoms with van der Waals surface area (Å²) in [7, 11) is 0. The third-order valence-electron chi connectivity index (χ3n) is 2.60. The lowest BCUT2D eigenvalue weighted by molar-refractivity contribution is -0.137. The number of rotatable bonds is 1. The van der Waals surface area contributed by atoms with E-state index in [0.29, 0.717) is 0 Å². The van der Waals surface area contributed by atoms with Gasteiger partial charge in [0.25, 0.3) is 0 Å². The van der Waals surface area contributed by atoms with E-state index in [-0.39, 0.29) is 31.2 Å². The molecule has 0 radical (unpaired) electrons. The average molecular weight is 360 g/mol. The lowest BCUT2D eigenvalue weighted by Crippen LogP contribution is -2.07. The van der Waals surface area contributed by atoms with Crippen LogP contribution in [0.2, 0.25) is 20.1 Å². The second-order valence-electron chi connectivity index (χ2n) is 3.91. The maximum atomic E-state index is 13.1. The summed E-state index contributed by atoms with van der Waals surface area (Å²) in [4.78, 5) is 0. The van der Waals surface area contributed by atoms with Crippen molar-refractivity contribution in [3.8, 4) is 11.1 Å². The third kappa shape index (κ3) is 3.01. The molecule has 0 atom stereocenters. The minimum Gasteiger partial charge on any atom is -0.166 e. The van der Waals surface area contributed by atoms with Crippen LogP contribution in [-0.2, 0) is 6.18 Å². The van der Waals surface area contributed by atoms with Gasteiger partial charge in [-0.05, 0) is 35.9 Å². The molecule has 0 N–H and O–H groups in total. The molecule has 0 amide bonds. The van der Waals surface area contributed by atoms with Crippen LogP contribution in [0.25, 0.3) is 11.1 Å². The highest BCUT2D eigenvalue weighted by molar-refractivity contribution is 6.46. The van der Waals surface area contributed by atoms with Gasteiger partial charge in [0.2, 0.25) is 0 Å². The number of hydrogen-bond acceptors (Lipinski definition) is 0. The van der Waals surface area contributed by atoms with Crippen LogP contribution in [0.3, 0.4) is 0 Å². The Hall–Kier alpha value is -0.610. The van der Waals surface area contributed by atoms with Gasteiger partial charge in [0.15, 0.2) is 0 Å². The number of hydrogen-bond donors (Lipinski definition) is 0. The second kappa shape index (κ2) is 5.64. The molecule has 0 bridgehead atoms. The number of alkyl halides is 3. The smallest absolute Gasteiger partial charge is 0.166 e. The number of benzene rings is 2. The Balaban J connectivity index is 2.82. The zero-order valence-corrected chi connectivity index (χ0v) is 12.6. The maximum Gasteiger partial charge on any atom is 0.417 e. The van der Waals surface area contributed by atoms with Crippen LogP contribution < -0.4 is 0 Å². The fourth-order valence-corrected chi connectivity index (χ4v) is 2.65. The fraction of sp³-hybridized carbons (Fsp3) is 0.0769. The Kier molecular flexibility index (Phi) is 4.45. The predicted molar refractivity (Wildman–Crippen MR) is 76.9 cm³/mol. The molecule has 0 heterocycles. The standard InChI is InChI=1S/C13H5Cl4F3/c14-6-1-2-8(13(18,19)20)7(5-6)11-9(15)3-4-10(16)12(11)17/h1-5H. The third-order valence-corrected chi connectivity index (χ3v) is 3.95. The molecule has 2 aromatic rings. The summed E-state index contributed by atoms with van der Waals surface area (Å²) in [5.41, 5.74) is -1.08. The summed E-state index contributed by atoms with van der Waals surface area (Å²) in [6.07, 6.45) is -4.56. The van der Waals surface area contributed by atoms with Crippen LogP contribution in [0.15, 0.2) is 30.3 Å². The van der Waals surface area contributed by atoms with Crippen LogP contribution in [0.5, 0.6) is 0 Å². The van der Waals surface area contributed by atoms with E-state index < -0.39 is 11.7 Å². The van der Waals surface area contributed by atoms with Crippen LogP contribution in [0.1, 0.15) is 5.56 Å². The van der Waals surface area contributed by atoms with E-state index in [0.717, 1.165) is 18.2 Å². The molecule has 0 aliphatic rings. The van der Waals surface area contributed by atoms with Gasteiger partial charge in [-0.3, -0.25) is 0 Å². The Morgan fingerprint density at radius 2 is 1.40 bits per heavy atom. The van der Waals surface area contributed by atoms with Gasteiger partial charge in [0.05, 0.1) is 20.6 Å². The highest BCUT2D eigenvalue weighted by Crippen LogP contribution is 2.45. The van der Waals surface area contributed by atoms with Crippen molar-refractivity contribution in [1.82, 2.24) is 0 Å². The lowest BCUT2D eigenvalue weighted by Gasteiger charge is -2.16. The lowest BCUT2D eigenvalue weighted by atomic mass is 9.99. The molecule has 106 valence electrons. The number of halogens is 7. The Morgan fingerprint density at radius 1 is 0.800 bits per heavy atom. The van der Waals surface area contributed by atoms with E-state index in [9.17, 15) is 13.2 Å². The normalized spacial score (nSPS) is 11.8. The van der Waals surface area contributed by atoms with Crippen molar-refractivity contribution >= 4 is 46.4 Å². The molecular weight excluding hydrogens is 355 g/mol. The largest absolute Gasteiger partial charge is 0.417 e. The van der Waals surface area contributed by atoms with Crippen molar-refractivity contribution in [3.05, 3.63) is 56.0 Å². The van der Waals surface area contributed by atoms with Gasteiger partial charge in [-0.25, -0.2) is 0 Å². The van der Waals surface area contributed by atoms with Crippen LogP contribution in [0, 0.1) is 0 Å². The second-order valence-corrected chi connectivity index (χ2v) is 5.53. The minimum atomic E-state index is -4.56. The Morgan fingerprint density at radius 3 is 2.00 bits per heavy atom. The topological polar surface area (TPSA) is 0 Å². The van der Waals surface area contributed by atoms with Gasteiger partial charge >= 0.3 is 6.18 Å². The first-order valence-corrected chi connectivity index (χ1v) is 6.73. The van der Waals surface area contributed by atoms with Crippen molar-refractivity contribution in [3.63, 3.8) is 0 Å². The molecule has 0 saturated heterocycles. The Bertz CT molecular complexity index is 665. The van der Waals surface area contributed by atoms with E-state index in [2.05, 4.69) is 0 Å². The summed E-state index contributed by atoms with van der Waals surface area (Å²) in [6.45, 7) is 0. The quantitative estimate of drug-likeness (QED) is 0.481. The maximum absolute atomic E-state index is 13.1. The van der Waals surface area contributed by atoms with Gasteiger partial charge in [0, 0.05) is 10.6 Å². The monoisotopic (exact) mass is 358 g/mol. The first kappa shape index (κ1) is 15.8. The summed E-state index contributed by atoms with van der Waals surface area (Å²) in [5, 5.41) is 0.262. The summed E-state index contributed by atoms with van der Waals surface area (Å²) < 4.78 is 39.2. The molecule has 0 unspecified atom stereocenters. The molecule has 7 heteroatoms. The molecule has 0 aromatic heterocycles. The predicted octanol–water partition coefficient (Wildman–Crippen LogP) is 6.99. The highest BCUT2D eigenvalue weighted by atomic mass is 35.5. The van der Waals surface area contributed by atoms with Crippen LogP contribution >= 0.6 is 46.4 Å². The van der Waals surface area contributed by atoms with Crippen molar-refractivity contribution in [2.75, 3.05) is 0 Å². The first-order chi connectivity index (χ1) is 9.21. The van der Waals surface area contributed by atoms with Crippen molar-refractivity contribution < 1.29 is 13.2 Å². The van der Waals surface area contributed by atoms with E-state index in [1.165, 1.54) is 12.1 Å². The minimum absolute atomic E-state index is 0.00987. The first-order valence-electron chi connectivity index (χ1n) is 5.22. The van der Waals surface area contributed by atoms with Crippen LogP contribution in [0.4, 0.5) is 13.2 Å². The van der Waals surface area contributed by atoms with Crippen molar-refractivity contribution in [1.29, 1.82) is 0 Å². The van der Waals surface area contributed by atoms with Gasteiger partial charge in [-0.15, -0.1) is 0 Å². The van der Waals surface area contributed by atoms with E-state index in [4.69, 9.17) is 46.4 Å². The van der Waals surface area contributed by atoms with Crippen LogP contribution in [-0.4, -0.2) is 0 Å². The van der Waals surface area contributed by atoms with Gasteiger partial charge in [-0.2, -0.15) is 13.2 Å².